The van der Waals surface area contributed by atoms with Crippen molar-refractivity contribution in [2.45, 2.75) is 25.0 Å². The van der Waals surface area contributed by atoms with Crippen LogP contribution in [0, 0.1) is 11.6 Å². The normalized spacial score (nSPS) is 23.0. The molecule has 1 aliphatic heterocycles. The molecule has 0 aromatic heterocycles. The van der Waals surface area contributed by atoms with Crippen molar-refractivity contribution in [1.29, 1.82) is 0 Å². The Kier molecular flexibility index (Phi) is 3.76. The fraction of sp³-hybridized carbons (Fsp3) is 0.417. The van der Waals surface area contributed by atoms with Crippen LogP contribution in [0.25, 0.3) is 0 Å². The van der Waals surface area contributed by atoms with Gasteiger partial charge in [-0.25, -0.2) is 13.6 Å². The lowest BCUT2D eigenvalue weighted by atomic mass is 10.2. The Morgan fingerprint density at radius 2 is 2.17 bits per heavy atom. The Morgan fingerprint density at radius 3 is 2.78 bits per heavy atom. The first kappa shape index (κ1) is 12.8. The summed E-state index contributed by atoms with van der Waals surface area (Å²) in [5.74, 6) is -2.79. The molecule has 1 aliphatic rings. The number of anilines is 1. The predicted octanol–water partition coefficient (Wildman–Crippen LogP) is 2.01. The van der Waals surface area contributed by atoms with Gasteiger partial charge in [-0.15, -0.1) is 0 Å². The van der Waals surface area contributed by atoms with E-state index in [1.165, 1.54) is 6.07 Å². The minimum atomic E-state index is -0.967. The third kappa shape index (κ3) is 2.95. The molecule has 0 spiro atoms. The van der Waals surface area contributed by atoms with Gasteiger partial charge in [-0.2, -0.15) is 0 Å². The van der Waals surface area contributed by atoms with Crippen molar-refractivity contribution in [3.63, 3.8) is 0 Å². The molecule has 1 aromatic rings. The Morgan fingerprint density at radius 1 is 1.39 bits per heavy atom. The number of benzene rings is 1. The molecule has 0 saturated carbocycles. The van der Waals surface area contributed by atoms with Crippen molar-refractivity contribution in [2.24, 2.45) is 0 Å². The average molecular weight is 257 g/mol. The molecule has 4 nitrogen and oxygen atoms in total. The lowest BCUT2D eigenvalue weighted by Gasteiger charge is -2.13. The molecular formula is C12H13F2NO3. The van der Waals surface area contributed by atoms with Crippen LogP contribution in [0.1, 0.15) is 12.8 Å². The van der Waals surface area contributed by atoms with Crippen molar-refractivity contribution in [3.8, 4) is 0 Å². The minimum Gasteiger partial charge on any atom is -0.479 e. The first-order chi connectivity index (χ1) is 8.56. The highest BCUT2D eigenvalue weighted by Gasteiger charge is 2.30. The maximum absolute atomic E-state index is 12.9. The first-order valence-electron chi connectivity index (χ1n) is 5.63. The van der Waals surface area contributed by atoms with Crippen LogP contribution < -0.4 is 5.32 Å². The number of carboxylic acids is 1. The van der Waals surface area contributed by atoms with Gasteiger partial charge in [-0.1, -0.05) is 0 Å². The summed E-state index contributed by atoms with van der Waals surface area (Å²) >= 11 is 0. The number of carbonyl (C=O) groups is 1. The van der Waals surface area contributed by atoms with E-state index < -0.39 is 23.7 Å². The van der Waals surface area contributed by atoms with E-state index in [2.05, 4.69) is 5.32 Å². The minimum absolute atomic E-state index is 0.223. The van der Waals surface area contributed by atoms with Gasteiger partial charge >= 0.3 is 5.97 Å². The highest BCUT2D eigenvalue weighted by molar-refractivity contribution is 5.72. The van der Waals surface area contributed by atoms with Gasteiger partial charge in [-0.3, -0.25) is 0 Å². The summed E-state index contributed by atoms with van der Waals surface area (Å²) in [5.41, 5.74) is 0.441. The molecule has 1 aromatic carbocycles. The molecule has 2 rings (SSSR count). The highest BCUT2D eigenvalue weighted by atomic mass is 19.2. The zero-order valence-electron chi connectivity index (χ0n) is 9.53. The van der Waals surface area contributed by atoms with E-state index in [4.69, 9.17) is 9.84 Å². The van der Waals surface area contributed by atoms with Gasteiger partial charge < -0.3 is 15.2 Å². The molecule has 1 heterocycles. The third-order valence-corrected chi connectivity index (χ3v) is 2.84. The molecular weight excluding hydrogens is 244 g/mol. The summed E-state index contributed by atoms with van der Waals surface area (Å²) in [7, 11) is 0. The van der Waals surface area contributed by atoms with Crippen LogP contribution >= 0.6 is 0 Å². The van der Waals surface area contributed by atoms with Crippen LogP contribution in [0.5, 0.6) is 0 Å². The summed E-state index contributed by atoms with van der Waals surface area (Å²) < 4.78 is 30.9. The van der Waals surface area contributed by atoms with Crippen molar-refractivity contribution in [2.75, 3.05) is 11.9 Å². The maximum atomic E-state index is 12.9. The second-order valence-corrected chi connectivity index (χ2v) is 4.17. The van der Waals surface area contributed by atoms with Crippen LogP contribution in [-0.4, -0.2) is 29.8 Å². The number of carboxylic acid groups (broad SMARTS) is 1. The van der Waals surface area contributed by atoms with Crippen molar-refractivity contribution in [3.05, 3.63) is 29.8 Å². The van der Waals surface area contributed by atoms with Crippen molar-refractivity contribution >= 4 is 11.7 Å². The summed E-state index contributed by atoms with van der Waals surface area (Å²) in [5, 5.41) is 11.6. The fourth-order valence-corrected chi connectivity index (χ4v) is 1.88. The Balaban J connectivity index is 1.85. The number of ether oxygens (including phenoxy) is 1. The summed E-state index contributed by atoms with van der Waals surface area (Å²) in [6.07, 6.45) is 0.119. The SMILES string of the molecule is O=C(O)C1CCC(CNc2ccc(F)c(F)c2)O1. The van der Waals surface area contributed by atoms with E-state index in [1.807, 2.05) is 0 Å². The van der Waals surface area contributed by atoms with Crippen molar-refractivity contribution in [1.82, 2.24) is 0 Å². The molecule has 1 fully saturated rings. The number of nitrogens with one attached hydrogen (secondary N) is 1. The Labute approximate surface area is 103 Å². The second kappa shape index (κ2) is 5.30. The standard InChI is InChI=1S/C12H13F2NO3/c13-9-3-1-7(5-10(9)14)15-6-8-2-4-11(18-8)12(16)17/h1,3,5,8,11,15H,2,4,6H2,(H,16,17). The fourth-order valence-electron chi connectivity index (χ4n) is 1.88. The summed E-state index contributed by atoms with van der Waals surface area (Å²) in [4.78, 5) is 10.7. The van der Waals surface area contributed by atoms with E-state index in [0.29, 0.717) is 25.1 Å². The predicted molar refractivity (Wildman–Crippen MR) is 60.4 cm³/mol. The van der Waals surface area contributed by atoms with E-state index >= 15 is 0 Å². The number of hydrogen-bond acceptors (Lipinski definition) is 3. The van der Waals surface area contributed by atoms with Gasteiger partial charge in [0.25, 0.3) is 0 Å². The van der Waals surface area contributed by atoms with Gasteiger partial charge in [0, 0.05) is 18.3 Å². The van der Waals surface area contributed by atoms with Crippen LogP contribution in [0.4, 0.5) is 14.5 Å². The van der Waals surface area contributed by atoms with Crippen LogP contribution in [0.3, 0.4) is 0 Å². The van der Waals surface area contributed by atoms with E-state index in [-0.39, 0.29) is 6.10 Å². The Bertz CT molecular complexity index is 453. The molecule has 98 valence electrons. The number of rotatable bonds is 4. The monoisotopic (exact) mass is 257 g/mol. The van der Waals surface area contributed by atoms with Crippen LogP contribution in [0.2, 0.25) is 0 Å². The van der Waals surface area contributed by atoms with Crippen molar-refractivity contribution < 1.29 is 23.4 Å². The largest absolute Gasteiger partial charge is 0.479 e. The highest BCUT2D eigenvalue weighted by Crippen LogP contribution is 2.21. The van der Waals surface area contributed by atoms with E-state index in [9.17, 15) is 13.6 Å². The molecule has 6 heteroatoms. The van der Waals surface area contributed by atoms with Gasteiger partial charge in [0.1, 0.15) is 0 Å². The molecule has 2 atom stereocenters. The molecule has 1 saturated heterocycles. The third-order valence-electron chi connectivity index (χ3n) is 2.84. The van der Waals surface area contributed by atoms with Crippen LogP contribution in [-0.2, 0) is 9.53 Å². The summed E-state index contributed by atoms with van der Waals surface area (Å²) in [6.45, 7) is 0.370. The molecule has 2 unspecified atom stereocenters. The van der Waals surface area contributed by atoms with E-state index in [1.54, 1.807) is 0 Å². The maximum Gasteiger partial charge on any atom is 0.332 e. The van der Waals surface area contributed by atoms with E-state index in [0.717, 1.165) is 12.1 Å². The lowest BCUT2D eigenvalue weighted by Crippen LogP contribution is -2.24. The summed E-state index contributed by atoms with van der Waals surface area (Å²) in [6, 6.07) is 3.51. The molecule has 2 N–H and O–H groups in total. The average Bonchev–Trinajstić information content (AvgIpc) is 2.79. The zero-order chi connectivity index (χ0) is 13.1. The Hall–Kier alpha value is -1.69. The molecule has 18 heavy (non-hydrogen) atoms. The van der Waals surface area contributed by atoms with Gasteiger partial charge in [-0.05, 0) is 25.0 Å². The molecule has 0 amide bonds. The molecule has 0 radical (unpaired) electrons. The van der Waals surface area contributed by atoms with Gasteiger partial charge in [0.2, 0.25) is 0 Å². The van der Waals surface area contributed by atoms with Gasteiger partial charge in [0.05, 0.1) is 6.10 Å². The first-order valence-corrected chi connectivity index (χ1v) is 5.63. The molecule has 0 bridgehead atoms. The van der Waals surface area contributed by atoms with Gasteiger partial charge in [0.15, 0.2) is 17.7 Å². The molecule has 0 aliphatic carbocycles. The smallest absolute Gasteiger partial charge is 0.332 e. The zero-order valence-corrected chi connectivity index (χ0v) is 9.53. The topological polar surface area (TPSA) is 58.6 Å². The number of aliphatic carboxylic acids is 1. The quantitative estimate of drug-likeness (QED) is 0.866. The second-order valence-electron chi connectivity index (χ2n) is 4.17. The lowest BCUT2D eigenvalue weighted by molar-refractivity contribution is -0.149. The number of hydrogen-bond donors (Lipinski definition) is 2. The number of halogens is 2. The van der Waals surface area contributed by atoms with Crippen LogP contribution in [0.15, 0.2) is 18.2 Å².